The zero-order valence-electron chi connectivity index (χ0n) is 9.01. The maximum absolute atomic E-state index is 5.48. The van der Waals surface area contributed by atoms with Gasteiger partial charge in [-0.3, -0.25) is 0 Å². The molecule has 2 rings (SSSR count). The summed E-state index contributed by atoms with van der Waals surface area (Å²) in [5.41, 5.74) is 1.08. The first-order chi connectivity index (χ1) is 7.88. The van der Waals surface area contributed by atoms with Gasteiger partial charge in [-0.25, -0.2) is 4.98 Å². The molecule has 0 fully saturated rings. The van der Waals surface area contributed by atoms with E-state index >= 15 is 0 Å². The molecule has 3 nitrogen and oxygen atoms in total. The summed E-state index contributed by atoms with van der Waals surface area (Å²) in [6.07, 6.45) is 2.72. The Bertz CT molecular complexity index is 425. The summed E-state index contributed by atoms with van der Waals surface area (Å²) >= 11 is 0. The van der Waals surface area contributed by atoms with Crippen LogP contribution >= 0.6 is 0 Å². The summed E-state index contributed by atoms with van der Waals surface area (Å²) in [5.74, 6) is 1.42. The Labute approximate surface area is 94.7 Å². The van der Waals surface area contributed by atoms with E-state index in [1.165, 1.54) is 0 Å². The Morgan fingerprint density at radius 3 is 2.62 bits per heavy atom. The highest BCUT2D eigenvalue weighted by Crippen LogP contribution is 2.13. The lowest BCUT2D eigenvalue weighted by Gasteiger charge is -2.05. The minimum atomic E-state index is 0.495. The van der Waals surface area contributed by atoms with E-state index in [0.717, 1.165) is 11.3 Å². The minimum absolute atomic E-state index is 0.495. The maximum Gasteiger partial charge on any atom is 0.214 e. The molecule has 0 unspecified atom stereocenters. The van der Waals surface area contributed by atoms with Crippen LogP contribution in [0.5, 0.6) is 11.6 Å². The van der Waals surface area contributed by atoms with E-state index in [9.17, 15) is 0 Å². The topological polar surface area (TPSA) is 31.4 Å². The fourth-order valence-electron chi connectivity index (χ4n) is 1.27. The number of rotatable bonds is 4. The fourth-order valence-corrected chi connectivity index (χ4v) is 1.27. The van der Waals surface area contributed by atoms with E-state index in [4.69, 9.17) is 9.47 Å². The van der Waals surface area contributed by atoms with Gasteiger partial charge in [-0.15, -0.1) is 0 Å². The highest BCUT2D eigenvalue weighted by molar-refractivity contribution is 5.27. The lowest BCUT2D eigenvalue weighted by Crippen LogP contribution is -1.96. The van der Waals surface area contributed by atoms with Crippen molar-refractivity contribution in [3.8, 4) is 11.6 Å². The molecule has 16 heavy (non-hydrogen) atoms. The lowest BCUT2D eigenvalue weighted by molar-refractivity contribution is 0.293. The van der Waals surface area contributed by atoms with Gasteiger partial charge in [0.2, 0.25) is 5.88 Å². The number of ether oxygens (including phenoxy) is 2. The van der Waals surface area contributed by atoms with Gasteiger partial charge in [-0.2, -0.15) is 0 Å². The molecular formula is C13H12NO2. The monoisotopic (exact) mass is 214 g/mol. The van der Waals surface area contributed by atoms with Gasteiger partial charge < -0.3 is 9.47 Å². The first-order valence-electron chi connectivity index (χ1n) is 4.97. The van der Waals surface area contributed by atoms with Crippen LogP contribution in [-0.4, -0.2) is 12.1 Å². The molecule has 81 valence electrons. The molecule has 3 heteroatoms. The second-order valence-corrected chi connectivity index (χ2v) is 3.24. The van der Waals surface area contributed by atoms with Crippen LogP contribution in [0, 0.1) is 6.20 Å². The number of pyridine rings is 1. The standard InChI is InChI=1S/C13H12NO2/c1-15-12-7-5-11(6-8-12)10-16-13-4-2-3-9-14-13/h2-8H,10H2,1H3. The molecule has 2 aromatic rings. The third-order valence-corrected chi connectivity index (χ3v) is 2.13. The molecule has 0 aliphatic carbocycles. The van der Waals surface area contributed by atoms with Gasteiger partial charge in [0, 0.05) is 6.07 Å². The first-order valence-corrected chi connectivity index (χ1v) is 4.97. The number of methoxy groups -OCH3 is 1. The van der Waals surface area contributed by atoms with Crippen LogP contribution in [0.25, 0.3) is 0 Å². The summed E-state index contributed by atoms with van der Waals surface area (Å²) in [7, 11) is 1.65. The number of hydrogen-bond acceptors (Lipinski definition) is 3. The smallest absolute Gasteiger partial charge is 0.214 e. The Hall–Kier alpha value is -2.03. The van der Waals surface area contributed by atoms with Crippen LogP contribution < -0.4 is 9.47 Å². The van der Waals surface area contributed by atoms with E-state index in [-0.39, 0.29) is 0 Å². The van der Waals surface area contributed by atoms with Gasteiger partial charge in [0.25, 0.3) is 0 Å². The number of aromatic nitrogens is 1. The first kappa shape index (κ1) is 10.5. The van der Waals surface area contributed by atoms with Crippen LogP contribution in [0.2, 0.25) is 0 Å². The van der Waals surface area contributed by atoms with Crippen molar-refractivity contribution < 1.29 is 9.47 Å². The second-order valence-electron chi connectivity index (χ2n) is 3.24. The van der Waals surface area contributed by atoms with E-state index in [1.807, 2.05) is 30.3 Å². The average molecular weight is 214 g/mol. The highest BCUT2D eigenvalue weighted by Gasteiger charge is 1.96. The van der Waals surface area contributed by atoms with Crippen LogP contribution in [0.4, 0.5) is 0 Å². The number of nitrogens with zero attached hydrogens (tertiary/aromatic N) is 1. The fraction of sp³-hybridized carbons (Fsp3) is 0.154. The summed E-state index contributed by atoms with van der Waals surface area (Å²) in [4.78, 5) is 3.96. The molecule has 1 radical (unpaired) electrons. The second kappa shape index (κ2) is 5.16. The molecule has 1 aromatic carbocycles. The summed E-state index contributed by atoms with van der Waals surface area (Å²) in [6.45, 7) is 0.495. The molecule has 0 spiro atoms. The quantitative estimate of drug-likeness (QED) is 0.783. The third-order valence-electron chi connectivity index (χ3n) is 2.13. The maximum atomic E-state index is 5.48. The minimum Gasteiger partial charge on any atom is -0.497 e. The van der Waals surface area contributed by atoms with Gasteiger partial charge in [0.1, 0.15) is 12.4 Å². The molecule has 1 aromatic heterocycles. The van der Waals surface area contributed by atoms with Crippen molar-refractivity contribution in [1.29, 1.82) is 0 Å². The third kappa shape index (κ3) is 2.73. The Morgan fingerprint density at radius 1 is 1.19 bits per heavy atom. The van der Waals surface area contributed by atoms with Gasteiger partial charge in [-0.05, 0) is 23.8 Å². The van der Waals surface area contributed by atoms with E-state index in [1.54, 1.807) is 19.2 Å². The molecule has 0 aliphatic heterocycles. The van der Waals surface area contributed by atoms with Crippen LogP contribution in [0.15, 0.2) is 42.5 Å². The van der Waals surface area contributed by atoms with Crippen molar-refractivity contribution in [3.05, 3.63) is 54.2 Å². The normalized spacial score (nSPS) is 9.81. The van der Waals surface area contributed by atoms with Gasteiger partial charge in [0.05, 0.1) is 13.3 Å². The zero-order chi connectivity index (χ0) is 11.2. The molecule has 0 atom stereocenters. The van der Waals surface area contributed by atoms with Crippen molar-refractivity contribution in [3.63, 3.8) is 0 Å². The van der Waals surface area contributed by atoms with Crippen LogP contribution in [0.1, 0.15) is 5.56 Å². The molecular weight excluding hydrogens is 202 g/mol. The van der Waals surface area contributed by atoms with Gasteiger partial charge in [-0.1, -0.05) is 18.2 Å². The van der Waals surface area contributed by atoms with E-state index < -0.39 is 0 Å². The zero-order valence-corrected chi connectivity index (χ0v) is 9.01. The highest BCUT2D eigenvalue weighted by atomic mass is 16.5. The van der Waals surface area contributed by atoms with E-state index in [0.29, 0.717) is 12.5 Å². The van der Waals surface area contributed by atoms with Gasteiger partial charge in [0.15, 0.2) is 0 Å². The number of hydrogen-bond donors (Lipinski definition) is 0. The predicted octanol–water partition coefficient (Wildman–Crippen LogP) is 2.47. The summed E-state index contributed by atoms with van der Waals surface area (Å²) < 4.78 is 10.6. The van der Waals surface area contributed by atoms with Crippen molar-refractivity contribution in [1.82, 2.24) is 4.98 Å². The summed E-state index contributed by atoms with van der Waals surface area (Å²) in [5, 5.41) is 0. The molecule has 0 amide bonds. The lowest BCUT2D eigenvalue weighted by atomic mass is 10.2. The number of benzene rings is 1. The molecule has 0 saturated heterocycles. The molecule has 0 saturated carbocycles. The largest absolute Gasteiger partial charge is 0.497 e. The SMILES string of the molecule is COc1ccc(COc2ccc[c]n2)cc1. The summed E-state index contributed by atoms with van der Waals surface area (Å²) in [6, 6.07) is 13.1. The van der Waals surface area contributed by atoms with Crippen molar-refractivity contribution >= 4 is 0 Å². The van der Waals surface area contributed by atoms with Crippen LogP contribution in [0.3, 0.4) is 0 Å². The Morgan fingerprint density at radius 2 is 2.00 bits per heavy atom. The average Bonchev–Trinajstić information content (AvgIpc) is 2.38. The van der Waals surface area contributed by atoms with Crippen LogP contribution in [-0.2, 0) is 6.61 Å². The Kier molecular flexibility index (Phi) is 3.38. The molecule has 0 aliphatic rings. The van der Waals surface area contributed by atoms with Crippen molar-refractivity contribution in [2.45, 2.75) is 6.61 Å². The van der Waals surface area contributed by atoms with Gasteiger partial charge >= 0.3 is 0 Å². The van der Waals surface area contributed by atoms with Crippen molar-refractivity contribution in [2.75, 3.05) is 7.11 Å². The molecule has 0 bridgehead atoms. The van der Waals surface area contributed by atoms with Crippen molar-refractivity contribution in [2.24, 2.45) is 0 Å². The molecule has 1 heterocycles. The Balaban J connectivity index is 1.94. The molecule has 0 N–H and O–H groups in total. The van der Waals surface area contributed by atoms with E-state index in [2.05, 4.69) is 11.2 Å². The predicted molar refractivity (Wildman–Crippen MR) is 60.4 cm³/mol.